The molecule has 1 atom stereocenters. The molecule has 1 aliphatic rings. The van der Waals surface area contributed by atoms with Gasteiger partial charge in [0.15, 0.2) is 0 Å². The minimum absolute atomic E-state index is 0.603. The van der Waals surface area contributed by atoms with Gasteiger partial charge in [-0.15, -0.1) is 0 Å². The Balaban J connectivity index is 1.80. The summed E-state index contributed by atoms with van der Waals surface area (Å²) in [7, 11) is -0.603. The van der Waals surface area contributed by atoms with E-state index in [2.05, 4.69) is 29.2 Å². The van der Waals surface area contributed by atoms with Crippen LogP contribution in [0.2, 0.25) is 0 Å². The van der Waals surface area contributed by atoms with Gasteiger partial charge in [0.25, 0.3) is 0 Å². The van der Waals surface area contributed by atoms with Crippen molar-refractivity contribution in [3.8, 4) is 0 Å². The van der Waals surface area contributed by atoms with E-state index < -0.39 is 10.8 Å². The number of rotatable bonds is 5. The van der Waals surface area contributed by atoms with Gasteiger partial charge in [-0.2, -0.15) is 0 Å². The Hall–Kier alpha value is -0.670. The van der Waals surface area contributed by atoms with E-state index in [1.807, 2.05) is 6.92 Å². The molecule has 1 aliphatic heterocycles. The van der Waals surface area contributed by atoms with Crippen LogP contribution in [0.25, 0.3) is 0 Å². The molecule has 0 bridgehead atoms. The lowest BCUT2D eigenvalue weighted by Gasteiger charge is -2.28. The van der Waals surface area contributed by atoms with E-state index in [1.54, 1.807) is 0 Å². The maximum absolute atomic E-state index is 11.3. The zero-order chi connectivity index (χ0) is 12.1. The summed E-state index contributed by atoms with van der Waals surface area (Å²) in [6, 6.07) is 8.71. The average molecular weight is 251 g/mol. The van der Waals surface area contributed by atoms with Gasteiger partial charge in [0.05, 0.1) is 0 Å². The third-order valence-corrected chi connectivity index (χ3v) is 4.77. The maximum Gasteiger partial charge on any atom is 0.0246 e. The highest BCUT2D eigenvalue weighted by Gasteiger charge is 2.14. The van der Waals surface area contributed by atoms with E-state index in [-0.39, 0.29) is 0 Å². The highest BCUT2D eigenvalue weighted by atomic mass is 32.2. The summed E-state index contributed by atoms with van der Waals surface area (Å²) in [5.74, 6) is 1.65. The molecule has 1 aromatic carbocycles. The van der Waals surface area contributed by atoms with Gasteiger partial charge in [-0.1, -0.05) is 31.2 Å². The molecule has 1 aromatic rings. The van der Waals surface area contributed by atoms with Crippen molar-refractivity contribution in [2.75, 3.05) is 24.6 Å². The lowest BCUT2D eigenvalue weighted by Crippen LogP contribution is -2.31. The third-order valence-electron chi connectivity index (χ3n) is 3.38. The van der Waals surface area contributed by atoms with Crippen LogP contribution in [0.15, 0.2) is 24.3 Å². The molecular weight excluding hydrogens is 230 g/mol. The number of benzene rings is 1. The predicted octanol–water partition coefficient (Wildman–Crippen LogP) is 2.20. The first-order valence-electron chi connectivity index (χ1n) is 6.43. The average Bonchev–Trinajstić information content (AvgIpc) is 2.38. The Bertz CT molecular complexity index is 392. The van der Waals surface area contributed by atoms with Gasteiger partial charge in [-0.25, -0.2) is 0 Å². The maximum atomic E-state index is 11.3. The molecule has 2 nitrogen and oxygen atoms in total. The fraction of sp³-hybridized carbons (Fsp3) is 0.571. The normalized spacial score (nSPS) is 17.7. The fourth-order valence-electron chi connectivity index (χ4n) is 2.34. The largest absolute Gasteiger partial charge is 0.299 e. The molecule has 1 heterocycles. The highest BCUT2D eigenvalue weighted by Crippen LogP contribution is 2.18. The standard InChI is InChI=1S/C14H21NOS/c1-2-17(16)11-5-9-15-10-8-13-6-3-4-7-14(13)12-15/h3-4,6-7H,2,5,8-12H2,1H3/t17-/m1/s1. The summed E-state index contributed by atoms with van der Waals surface area (Å²) in [5.41, 5.74) is 2.97. The molecule has 0 unspecified atom stereocenters. The quantitative estimate of drug-likeness (QED) is 0.799. The molecule has 0 N–H and O–H groups in total. The molecule has 0 amide bonds. The van der Waals surface area contributed by atoms with E-state index in [0.717, 1.165) is 44.0 Å². The van der Waals surface area contributed by atoms with Crippen molar-refractivity contribution in [2.45, 2.75) is 26.3 Å². The van der Waals surface area contributed by atoms with Crippen molar-refractivity contribution in [3.63, 3.8) is 0 Å². The van der Waals surface area contributed by atoms with Gasteiger partial charge in [0, 0.05) is 35.4 Å². The van der Waals surface area contributed by atoms with Crippen LogP contribution in [0, 0.1) is 0 Å². The van der Waals surface area contributed by atoms with Crippen LogP contribution in [0.4, 0.5) is 0 Å². The Morgan fingerprint density at radius 1 is 1.29 bits per heavy atom. The van der Waals surface area contributed by atoms with E-state index >= 15 is 0 Å². The third kappa shape index (κ3) is 3.65. The summed E-state index contributed by atoms with van der Waals surface area (Å²) in [4.78, 5) is 2.48. The smallest absolute Gasteiger partial charge is 0.0246 e. The lowest BCUT2D eigenvalue weighted by molar-refractivity contribution is 0.255. The molecule has 3 heteroatoms. The summed E-state index contributed by atoms with van der Waals surface area (Å²) in [6.07, 6.45) is 2.22. The van der Waals surface area contributed by atoms with Crippen molar-refractivity contribution < 1.29 is 4.21 Å². The zero-order valence-corrected chi connectivity index (χ0v) is 11.3. The van der Waals surface area contributed by atoms with Gasteiger partial charge in [0.1, 0.15) is 0 Å². The first-order chi connectivity index (χ1) is 8.29. The molecule has 0 aromatic heterocycles. The van der Waals surface area contributed by atoms with Gasteiger partial charge >= 0.3 is 0 Å². The molecule has 17 heavy (non-hydrogen) atoms. The van der Waals surface area contributed by atoms with E-state index in [1.165, 1.54) is 11.1 Å². The minimum Gasteiger partial charge on any atom is -0.299 e. The zero-order valence-electron chi connectivity index (χ0n) is 10.5. The highest BCUT2D eigenvalue weighted by molar-refractivity contribution is 7.84. The van der Waals surface area contributed by atoms with Gasteiger partial charge < -0.3 is 0 Å². The number of nitrogens with zero attached hydrogens (tertiary/aromatic N) is 1. The predicted molar refractivity (Wildman–Crippen MR) is 73.6 cm³/mol. The monoisotopic (exact) mass is 251 g/mol. The van der Waals surface area contributed by atoms with Crippen molar-refractivity contribution in [1.82, 2.24) is 4.90 Å². The Morgan fingerprint density at radius 2 is 2.06 bits per heavy atom. The number of hydrogen-bond acceptors (Lipinski definition) is 2. The molecule has 0 aliphatic carbocycles. The summed E-state index contributed by atoms with van der Waals surface area (Å²) >= 11 is 0. The molecule has 0 radical (unpaired) electrons. The SMILES string of the molecule is CC[S@@](=O)CCCN1CCc2ccccc2C1. The van der Waals surface area contributed by atoms with E-state index in [4.69, 9.17) is 0 Å². The first kappa shape index (κ1) is 12.8. The van der Waals surface area contributed by atoms with E-state index in [0.29, 0.717) is 0 Å². The van der Waals surface area contributed by atoms with Gasteiger partial charge in [0.2, 0.25) is 0 Å². The Morgan fingerprint density at radius 3 is 2.82 bits per heavy atom. The molecule has 0 spiro atoms. The second kappa shape index (κ2) is 6.31. The minimum atomic E-state index is -0.603. The fourth-order valence-corrected chi connectivity index (χ4v) is 3.08. The second-order valence-corrected chi connectivity index (χ2v) is 6.45. The van der Waals surface area contributed by atoms with Crippen molar-refractivity contribution in [1.29, 1.82) is 0 Å². The Kier molecular flexibility index (Phi) is 4.75. The van der Waals surface area contributed by atoms with Crippen LogP contribution in [0.3, 0.4) is 0 Å². The Labute approximate surface area is 106 Å². The van der Waals surface area contributed by atoms with Crippen LogP contribution in [0.1, 0.15) is 24.5 Å². The molecule has 0 saturated carbocycles. The van der Waals surface area contributed by atoms with Crippen LogP contribution in [-0.2, 0) is 23.8 Å². The molecular formula is C14H21NOS. The van der Waals surface area contributed by atoms with Crippen LogP contribution >= 0.6 is 0 Å². The lowest BCUT2D eigenvalue weighted by atomic mass is 10.00. The van der Waals surface area contributed by atoms with Crippen LogP contribution in [-0.4, -0.2) is 33.7 Å². The molecule has 0 fully saturated rings. The molecule has 2 rings (SSSR count). The van der Waals surface area contributed by atoms with Crippen LogP contribution in [0.5, 0.6) is 0 Å². The van der Waals surface area contributed by atoms with Crippen molar-refractivity contribution in [3.05, 3.63) is 35.4 Å². The first-order valence-corrected chi connectivity index (χ1v) is 7.92. The van der Waals surface area contributed by atoms with Gasteiger partial charge in [-0.3, -0.25) is 9.11 Å². The summed E-state index contributed by atoms with van der Waals surface area (Å²) in [6.45, 7) is 5.29. The summed E-state index contributed by atoms with van der Waals surface area (Å²) < 4.78 is 11.3. The topological polar surface area (TPSA) is 20.3 Å². The number of fused-ring (bicyclic) bond motifs is 1. The molecule has 0 saturated heterocycles. The second-order valence-electron chi connectivity index (χ2n) is 4.58. The summed E-state index contributed by atoms with van der Waals surface area (Å²) in [5, 5.41) is 0. The van der Waals surface area contributed by atoms with Crippen molar-refractivity contribution in [2.24, 2.45) is 0 Å². The van der Waals surface area contributed by atoms with E-state index in [9.17, 15) is 4.21 Å². The van der Waals surface area contributed by atoms with Crippen molar-refractivity contribution >= 4 is 10.8 Å². The van der Waals surface area contributed by atoms with Crippen LogP contribution < -0.4 is 0 Å². The molecule has 94 valence electrons. The number of hydrogen-bond donors (Lipinski definition) is 0. The van der Waals surface area contributed by atoms with Gasteiger partial charge in [-0.05, 0) is 30.5 Å².